The van der Waals surface area contributed by atoms with Crippen LogP contribution in [-0.4, -0.2) is 49.2 Å². The summed E-state index contributed by atoms with van der Waals surface area (Å²) in [7, 11) is 1.47. The Kier molecular flexibility index (Phi) is 7.14. The van der Waals surface area contributed by atoms with Gasteiger partial charge in [0.15, 0.2) is 0 Å². The maximum atomic E-state index is 12.0. The summed E-state index contributed by atoms with van der Waals surface area (Å²) < 4.78 is 4.96. The third-order valence-corrected chi connectivity index (χ3v) is 4.71. The van der Waals surface area contributed by atoms with Gasteiger partial charge in [0.1, 0.15) is 5.54 Å². The van der Waals surface area contributed by atoms with Crippen molar-refractivity contribution >= 4 is 5.97 Å². The maximum absolute atomic E-state index is 12.0. The van der Waals surface area contributed by atoms with Crippen LogP contribution in [-0.2, 0) is 9.53 Å². The molecule has 1 aliphatic rings. The lowest BCUT2D eigenvalue weighted by atomic mass is 9.93. The molecule has 124 valence electrons. The van der Waals surface area contributed by atoms with Gasteiger partial charge >= 0.3 is 5.97 Å². The van der Waals surface area contributed by atoms with E-state index in [4.69, 9.17) is 4.74 Å². The molecule has 4 nitrogen and oxygen atoms in total. The molecular weight excluding hydrogens is 264 g/mol. The summed E-state index contributed by atoms with van der Waals surface area (Å²) >= 11 is 0. The number of nitrogens with zero attached hydrogens (tertiary/aromatic N) is 1. The standard InChI is InChI=1S/C17H34N2O2/c1-13(2)18-17(5,16(20)21-6)9-7-8-10-19-11-14(3)15(4)12-19/h13-15,18H,7-12H2,1-6H3. The lowest BCUT2D eigenvalue weighted by Gasteiger charge is -2.30. The molecule has 1 aliphatic heterocycles. The van der Waals surface area contributed by atoms with Crippen LogP contribution in [0.1, 0.15) is 53.9 Å². The first-order valence-corrected chi connectivity index (χ1v) is 8.37. The van der Waals surface area contributed by atoms with Crippen molar-refractivity contribution < 1.29 is 9.53 Å². The lowest BCUT2D eigenvalue weighted by Crippen LogP contribution is -2.53. The minimum absolute atomic E-state index is 0.153. The molecule has 1 N–H and O–H groups in total. The topological polar surface area (TPSA) is 41.6 Å². The minimum Gasteiger partial charge on any atom is -0.468 e. The summed E-state index contributed by atoms with van der Waals surface area (Å²) in [6, 6.07) is 0.273. The van der Waals surface area contributed by atoms with Crippen molar-refractivity contribution in [1.29, 1.82) is 0 Å². The van der Waals surface area contributed by atoms with E-state index < -0.39 is 5.54 Å². The Morgan fingerprint density at radius 1 is 1.29 bits per heavy atom. The lowest BCUT2D eigenvalue weighted by molar-refractivity contribution is -0.148. The average Bonchev–Trinajstić information content (AvgIpc) is 2.72. The number of unbranched alkanes of at least 4 members (excludes halogenated alkanes) is 1. The molecule has 0 radical (unpaired) electrons. The molecule has 0 aromatic rings. The van der Waals surface area contributed by atoms with Gasteiger partial charge in [-0.15, -0.1) is 0 Å². The van der Waals surface area contributed by atoms with Crippen LogP contribution >= 0.6 is 0 Å². The highest BCUT2D eigenvalue weighted by Crippen LogP contribution is 2.23. The molecule has 4 heteroatoms. The highest BCUT2D eigenvalue weighted by atomic mass is 16.5. The van der Waals surface area contributed by atoms with E-state index >= 15 is 0 Å². The first-order chi connectivity index (χ1) is 9.78. The number of methoxy groups -OCH3 is 1. The van der Waals surface area contributed by atoms with Crippen molar-refractivity contribution in [2.24, 2.45) is 11.8 Å². The summed E-state index contributed by atoms with van der Waals surface area (Å²) in [6.45, 7) is 14.4. The van der Waals surface area contributed by atoms with Crippen LogP contribution in [0.3, 0.4) is 0 Å². The summed E-state index contributed by atoms with van der Waals surface area (Å²) in [6.07, 6.45) is 3.02. The van der Waals surface area contributed by atoms with Crippen LogP contribution in [0, 0.1) is 11.8 Å². The molecule has 0 amide bonds. The number of esters is 1. The SMILES string of the molecule is COC(=O)C(C)(CCCCN1CC(C)C(C)C1)NC(C)C. The number of carbonyl (C=O) groups is 1. The molecule has 21 heavy (non-hydrogen) atoms. The summed E-state index contributed by atoms with van der Waals surface area (Å²) in [4.78, 5) is 14.6. The van der Waals surface area contributed by atoms with E-state index in [0.717, 1.165) is 37.6 Å². The second-order valence-corrected chi connectivity index (χ2v) is 7.29. The molecule has 3 unspecified atom stereocenters. The fourth-order valence-corrected chi connectivity index (χ4v) is 3.34. The van der Waals surface area contributed by atoms with E-state index in [0.29, 0.717) is 0 Å². The number of rotatable bonds is 8. The van der Waals surface area contributed by atoms with Gasteiger partial charge in [0.2, 0.25) is 0 Å². The fraction of sp³-hybridized carbons (Fsp3) is 0.941. The first-order valence-electron chi connectivity index (χ1n) is 8.37. The van der Waals surface area contributed by atoms with Crippen molar-refractivity contribution in [3.63, 3.8) is 0 Å². The third kappa shape index (κ3) is 5.59. The van der Waals surface area contributed by atoms with E-state index in [9.17, 15) is 4.79 Å². The quantitative estimate of drug-likeness (QED) is 0.552. The van der Waals surface area contributed by atoms with Crippen LogP contribution in [0.2, 0.25) is 0 Å². The van der Waals surface area contributed by atoms with Crippen LogP contribution < -0.4 is 5.32 Å². The first kappa shape index (κ1) is 18.4. The highest BCUT2D eigenvalue weighted by molar-refractivity contribution is 5.80. The van der Waals surface area contributed by atoms with Crippen LogP contribution in [0.25, 0.3) is 0 Å². The van der Waals surface area contributed by atoms with Gasteiger partial charge in [0, 0.05) is 19.1 Å². The van der Waals surface area contributed by atoms with E-state index in [1.165, 1.54) is 20.2 Å². The summed E-state index contributed by atoms with van der Waals surface area (Å²) in [5.41, 5.74) is -0.561. The third-order valence-electron chi connectivity index (χ3n) is 4.71. The fourth-order valence-electron chi connectivity index (χ4n) is 3.34. The van der Waals surface area contributed by atoms with Crippen molar-refractivity contribution in [3.05, 3.63) is 0 Å². The van der Waals surface area contributed by atoms with Crippen LogP contribution in [0.4, 0.5) is 0 Å². The number of carbonyl (C=O) groups excluding carboxylic acids is 1. The molecule has 0 bridgehead atoms. The van der Waals surface area contributed by atoms with Crippen LogP contribution in [0.5, 0.6) is 0 Å². The van der Waals surface area contributed by atoms with Crippen molar-refractivity contribution in [3.8, 4) is 0 Å². The Morgan fingerprint density at radius 3 is 2.33 bits per heavy atom. The molecule has 0 aromatic carbocycles. The van der Waals surface area contributed by atoms with Crippen molar-refractivity contribution in [1.82, 2.24) is 10.2 Å². The molecule has 3 atom stereocenters. The molecule has 0 spiro atoms. The van der Waals surface area contributed by atoms with E-state index in [2.05, 4.69) is 37.9 Å². The van der Waals surface area contributed by atoms with E-state index in [-0.39, 0.29) is 12.0 Å². The van der Waals surface area contributed by atoms with Gasteiger partial charge in [-0.1, -0.05) is 13.8 Å². The summed E-state index contributed by atoms with van der Waals surface area (Å²) in [5, 5.41) is 3.36. The zero-order valence-corrected chi connectivity index (χ0v) is 14.7. The average molecular weight is 298 g/mol. The Morgan fingerprint density at radius 2 is 1.86 bits per heavy atom. The zero-order chi connectivity index (χ0) is 16.0. The number of ether oxygens (including phenoxy) is 1. The molecule has 1 rings (SSSR count). The predicted octanol–water partition coefficient (Wildman–Crippen LogP) is 2.67. The van der Waals surface area contributed by atoms with E-state index in [1.807, 2.05) is 6.92 Å². The molecule has 1 saturated heterocycles. The monoisotopic (exact) mass is 298 g/mol. The number of nitrogens with one attached hydrogen (secondary N) is 1. The van der Waals surface area contributed by atoms with E-state index in [1.54, 1.807) is 0 Å². The highest BCUT2D eigenvalue weighted by Gasteiger charge is 2.34. The second-order valence-electron chi connectivity index (χ2n) is 7.29. The molecule has 1 heterocycles. The van der Waals surface area contributed by atoms with Gasteiger partial charge in [-0.2, -0.15) is 0 Å². The largest absolute Gasteiger partial charge is 0.468 e. The number of hydrogen-bond donors (Lipinski definition) is 1. The maximum Gasteiger partial charge on any atom is 0.325 e. The molecule has 1 fully saturated rings. The summed E-state index contributed by atoms with van der Waals surface area (Å²) in [5.74, 6) is 1.47. The molecule has 0 aromatic heterocycles. The minimum atomic E-state index is -0.561. The normalized spacial score (nSPS) is 26.0. The Bertz CT molecular complexity index is 323. The van der Waals surface area contributed by atoms with Crippen molar-refractivity contribution in [2.45, 2.75) is 65.5 Å². The Labute approximate surface area is 130 Å². The molecule has 0 aliphatic carbocycles. The van der Waals surface area contributed by atoms with Crippen LogP contribution in [0.15, 0.2) is 0 Å². The molecule has 0 saturated carbocycles. The van der Waals surface area contributed by atoms with Gasteiger partial charge in [-0.3, -0.25) is 10.1 Å². The van der Waals surface area contributed by atoms with Gasteiger partial charge in [-0.25, -0.2) is 0 Å². The van der Waals surface area contributed by atoms with Gasteiger partial charge in [0.05, 0.1) is 7.11 Å². The predicted molar refractivity (Wildman–Crippen MR) is 87.3 cm³/mol. The Hall–Kier alpha value is -0.610. The van der Waals surface area contributed by atoms with Crippen molar-refractivity contribution in [2.75, 3.05) is 26.7 Å². The van der Waals surface area contributed by atoms with Gasteiger partial charge in [-0.05, 0) is 58.4 Å². The Balaban J connectivity index is 2.35. The van der Waals surface area contributed by atoms with Gasteiger partial charge < -0.3 is 9.64 Å². The number of likely N-dealkylation sites (tertiary alicyclic amines) is 1. The zero-order valence-electron chi connectivity index (χ0n) is 14.7. The smallest absolute Gasteiger partial charge is 0.325 e. The second kappa shape index (κ2) is 8.14. The van der Waals surface area contributed by atoms with Gasteiger partial charge in [0.25, 0.3) is 0 Å². The molecular formula is C17H34N2O2. The number of hydrogen-bond acceptors (Lipinski definition) is 4.